The van der Waals surface area contributed by atoms with Crippen molar-refractivity contribution in [2.45, 2.75) is 12.3 Å². The minimum atomic E-state index is -0.523. The number of carbonyl (C=O) groups excluding carboxylic acids is 1. The van der Waals surface area contributed by atoms with Crippen LogP contribution >= 0.6 is 11.6 Å². The molecule has 1 aliphatic rings. The Hall–Kier alpha value is -2.93. The van der Waals surface area contributed by atoms with Gasteiger partial charge in [-0.2, -0.15) is 4.98 Å². The molecular weight excluding hydrogens is 373 g/mol. The summed E-state index contributed by atoms with van der Waals surface area (Å²) in [6.45, 7) is 0.373. The van der Waals surface area contributed by atoms with Crippen molar-refractivity contribution in [1.29, 1.82) is 0 Å². The van der Waals surface area contributed by atoms with Crippen molar-refractivity contribution in [1.82, 2.24) is 10.1 Å². The fourth-order valence-electron chi connectivity index (χ4n) is 3.06. The summed E-state index contributed by atoms with van der Waals surface area (Å²) < 4.78 is 23.9. The summed E-state index contributed by atoms with van der Waals surface area (Å²) in [5.41, 5.74) is 1.28. The van der Waals surface area contributed by atoms with Crippen molar-refractivity contribution < 1.29 is 18.4 Å². The Balaban J connectivity index is 1.55. The van der Waals surface area contributed by atoms with Crippen LogP contribution in [0.3, 0.4) is 0 Å². The molecular formula is C19H15ClFN3O3. The lowest BCUT2D eigenvalue weighted by Gasteiger charge is -2.16. The van der Waals surface area contributed by atoms with Crippen LogP contribution in [0.15, 0.2) is 47.0 Å². The molecule has 3 aromatic rings. The van der Waals surface area contributed by atoms with Crippen LogP contribution in [-0.4, -0.2) is 29.7 Å². The van der Waals surface area contributed by atoms with Gasteiger partial charge in [-0.3, -0.25) is 4.79 Å². The molecule has 0 aliphatic carbocycles. The van der Waals surface area contributed by atoms with E-state index in [2.05, 4.69) is 10.1 Å². The Labute approximate surface area is 159 Å². The van der Waals surface area contributed by atoms with Crippen molar-refractivity contribution in [3.63, 3.8) is 0 Å². The van der Waals surface area contributed by atoms with Gasteiger partial charge in [0.25, 0.3) is 5.89 Å². The minimum Gasteiger partial charge on any atom is -0.497 e. The first-order chi connectivity index (χ1) is 13.0. The SMILES string of the molecule is COc1cccc(-c2nc(C3CC(=O)N(c4ccc(F)c(Cl)c4)C3)no2)c1. The molecule has 1 fully saturated rings. The van der Waals surface area contributed by atoms with Gasteiger partial charge in [0, 0.05) is 30.1 Å². The molecule has 4 rings (SSSR count). The van der Waals surface area contributed by atoms with Crippen LogP contribution in [-0.2, 0) is 4.79 Å². The molecule has 2 heterocycles. The molecule has 1 atom stereocenters. The van der Waals surface area contributed by atoms with Crippen LogP contribution < -0.4 is 9.64 Å². The molecule has 0 N–H and O–H groups in total. The summed E-state index contributed by atoms with van der Waals surface area (Å²) >= 11 is 5.83. The maximum absolute atomic E-state index is 13.4. The Morgan fingerprint density at radius 2 is 2.15 bits per heavy atom. The number of amides is 1. The van der Waals surface area contributed by atoms with Crippen LogP contribution in [0.1, 0.15) is 18.2 Å². The van der Waals surface area contributed by atoms with Gasteiger partial charge < -0.3 is 14.2 Å². The van der Waals surface area contributed by atoms with E-state index in [1.807, 2.05) is 18.2 Å². The Morgan fingerprint density at radius 3 is 2.93 bits per heavy atom. The Bertz CT molecular complexity index is 1010. The zero-order chi connectivity index (χ0) is 19.0. The minimum absolute atomic E-state index is 0.0244. The smallest absolute Gasteiger partial charge is 0.258 e. The lowest BCUT2D eigenvalue weighted by atomic mass is 10.1. The fraction of sp³-hybridized carbons (Fsp3) is 0.211. The molecule has 0 spiro atoms. The lowest BCUT2D eigenvalue weighted by Crippen LogP contribution is -2.24. The van der Waals surface area contributed by atoms with E-state index in [-0.39, 0.29) is 23.3 Å². The number of hydrogen-bond acceptors (Lipinski definition) is 5. The summed E-state index contributed by atoms with van der Waals surface area (Å²) in [4.78, 5) is 18.4. The molecule has 27 heavy (non-hydrogen) atoms. The number of methoxy groups -OCH3 is 1. The van der Waals surface area contributed by atoms with Crippen molar-refractivity contribution >= 4 is 23.2 Å². The van der Waals surface area contributed by atoms with Crippen molar-refractivity contribution in [2.24, 2.45) is 0 Å². The van der Waals surface area contributed by atoms with Crippen molar-refractivity contribution in [2.75, 3.05) is 18.6 Å². The molecule has 138 valence electrons. The highest BCUT2D eigenvalue weighted by Gasteiger charge is 2.35. The summed E-state index contributed by atoms with van der Waals surface area (Å²) in [5.74, 6) is 0.656. The second kappa shape index (κ2) is 7.00. The quantitative estimate of drug-likeness (QED) is 0.675. The first-order valence-corrected chi connectivity index (χ1v) is 8.66. The highest BCUT2D eigenvalue weighted by atomic mass is 35.5. The first-order valence-electron chi connectivity index (χ1n) is 8.28. The van der Waals surface area contributed by atoms with E-state index in [1.165, 1.54) is 18.2 Å². The van der Waals surface area contributed by atoms with E-state index in [1.54, 1.807) is 18.1 Å². The monoisotopic (exact) mass is 387 g/mol. The van der Waals surface area contributed by atoms with Crippen LogP contribution in [0.5, 0.6) is 5.75 Å². The molecule has 1 saturated heterocycles. The number of anilines is 1. The molecule has 1 aromatic heterocycles. The maximum atomic E-state index is 13.4. The summed E-state index contributed by atoms with van der Waals surface area (Å²) in [5, 5.41) is 4.01. The zero-order valence-electron chi connectivity index (χ0n) is 14.4. The van der Waals surface area contributed by atoms with E-state index >= 15 is 0 Å². The molecule has 0 radical (unpaired) electrons. The third kappa shape index (κ3) is 3.38. The van der Waals surface area contributed by atoms with Gasteiger partial charge in [0.15, 0.2) is 5.82 Å². The van der Waals surface area contributed by atoms with Gasteiger partial charge in [-0.1, -0.05) is 22.8 Å². The molecule has 1 aliphatic heterocycles. The van der Waals surface area contributed by atoms with Gasteiger partial charge in [0.05, 0.1) is 12.1 Å². The molecule has 1 unspecified atom stereocenters. The van der Waals surface area contributed by atoms with Crippen molar-refractivity contribution in [3.05, 3.63) is 59.1 Å². The van der Waals surface area contributed by atoms with Gasteiger partial charge in [-0.05, 0) is 36.4 Å². The van der Waals surface area contributed by atoms with Gasteiger partial charge >= 0.3 is 0 Å². The summed E-state index contributed by atoms with van der Waals surface area (Å²) in [6, 6.07) is 11.5. The highest BCUT2D eigenvalue weighted by Crippen LogP contribution is 2.33. The third-order valence-electron chi connectivity index (χ3n) is 4.46. The molecule has 0 bridgehead atoms. The number of benzene rings is 2. The average Bonchev–Trinajstić information content (AvgIpc) is 3.31. The number of halogens is 2. The van der Waals surface area contributed by atoms with E-state index in [4.69, 9.17) is 20.9 Å². The topological polar surface area (TPSA) is 68.5 Å². The second-order valence-corrected chi connectivity index (χ2v) is 6.60. The maximum Gasteiger partial charge on any atom is 0.258 e. The molecule has 1 amide bonds. The number of aromatic nitrogens is 2. The van der Waals surface area contributed by atoms with E-state index in [0.717, 1.165) is 5.56 Å². The zero-order valence-corrected chi connectivity index (χ0v) is 15.1. The number of ether oxygens (including phenoxy) is 1. The summed E-state index contributed by atoms with van der Waals surface area (Å²) in [7, 11) is 1.58. The van der Waals surface area contributed by atoms with Gasteiger partial charge in [0.1, 0.15) is 11.6 Å². The van der Waals surface area contributed by atoms with Gasteiger partial charge in [0.2, 0.25) is 5.91 Å². The van der Waals surface area contributed by atoms with E-state index in [9.17, 15) is 9.18 Å². The molecule has 2 aromatic carbocycles. The number of carbonyl (C=O) groups is 1. The standard InChI is InChI=1S/C19H15ClFN3O3/c1-26-14-4-2-3-11(7-14)19-22-18(23-27-19)12-8-17(25)24(10-12)13-5-6-16(21)15(20)9-13/h2-7,9,12H,8,10H2,1H3. The van der Waals surface area contributed by atoms with Crippen LogP contribution in [0, 0.1) is 5.82 Å². The predicted molar refractivity (Wildman–Crippen MR) is 97.4 cm³/mol. The second-order valence-electron chi connectivity index (χ2n) is 6.19. The average molecular weight is 388 g/mol. The predicted octanol–water partition coefficient (Wildman–Crippen LogP) is 4.06. The lowest BCUT2D eigenvalue weighted by molar-refractivity contribution is -0.117. The van der Waals surface area contributed by atoms with Crippen LogP contribution in [0.4, 0.5) is 10.1 Å². The fourth-order valence-corrected chi connectivity index (χ4v) is 3.23. The Kier molecular flexibility index (Phi) is 4.53. The van der Waals surface area contributed by atoms with Crippen LogP contribution in [0.2, 0.25) is 5.02 Å². The van der Waals surface area contributed by atoms with Gasteiger partial charge in [-0.25, -0.2) is 4.39 Å². The summed E-state index contributed by atoms with van der Waals surface area (Å²) in [6.07, 6.45) is 0.242. The number of nitrogens with zero attached hydrogens (tertiary/aromatic N) is 3. The van der Waals surface area contributed by atoms with E-state index < -0.39 is 5.82 Å². The van der Waals surface area contributed by atoms with Crippen LogP contribution in [0.25, 0.3) is 11.5 Å². The largest absolute Gasteiger partial charge is 0.497 e. The molecule has 0 saturated carbocycles. The third-order valence-corrected chi connectivity index (χ3v) is 4.75. The van der Waals surface area contributed by atoms with Gasteiger partial charge in [-0.15, -0.1) is 0 Å². The van der Waals surface area contributed by atoms with Crippen molar-refractivity contribution in [3.8, 4) is 17.2 Å². The first kappa shape index (κ1) is 17.5. The number of rotatable bonds is 4. The molecule has 6 nitrogen and oxygen atoms in total. The van der Waals surface area contributed by atoms with E-state index in [0.29, 0.717) is 29.7 Å². The Morgan fingerprint density at radius 1 is 1.30 bits per heavy atom. The number of hydrogen-bond donors (Lipinski definition) is 0. The highest BCUT2D eigenvalue weighted by molar-refractivity contribution is 6.31. The molecule has 8 heteroatoms. The normalized spacial score (nSPS) is 16.8.